The summed E-state index contributed by atoms with van der Waals surface area (Å²) in [5, 5.41) is 11.6. The first-order chi connectivity index (χ1) is 11.1. The molecule has 0 radical (unpaired) electrons. The van der Waals surface area contributed by atoms with Gasteiger partial charge in [-0.3, -0.25) is 4.79 Å². The van der Waals surface area contributed by atoms with Gasteiger partial charge in [-0.05, 0) is 31.0 Å². The molecule has 0 fully saturated rings. The van der Waals surface area contributed by atoms with Gasteiger partial charge in [-0.1, -0.05) is 19.1 Å². The van der Waals surface area contributed by atoms with Gasteiger partial charge >= 0.3 is 5.97 Å². The molecule has 1 aromatic carbocycles. The molecular weight excluding hydrogens is 334 g/mol. The van der Waals surface area contributed by atoms with Gasteiger partial charge in [0.25, 0.3) is 0 Å². The topological polar surface area (TPSA) is 110 Å². The Hall–Kier alpha value is -1.93. The van der Waals surface area contributed by atoms with Crippen LogP contribution in [-0.4, -0.2) is 50.4 Å². The third-order valence-electron chi connectivity index (χ3n) is 3.62. The molecule has 1 atom stereocenters. The monoisotopic (exact) mass is 357 g/mol. The van der Waals surface area contributed by atoms with Crippen molar-refractivity contribution in [3.8, 4) is 0 Å². The fourth-order valence-corrected chi connectivity index (χ4v) is 2.98. The standard InChI is InChI=1S/C16H23NO6S/c1-4-24(21,22)13-8-5-12(6-9-13)7-10-14(18)17-16(2,11-23-3)15(19)20/h5-6,8-9H,4,7,10-11H2,1-3H3,(H,17,18)(H,19,20). The molecule has 1 rings (SSSR count). The second kappa shape index (κ2) is 8.25. The fraction of sp³-hybridized carbons (Fsp3) is 0.500. The van der Waals surface area contributed by atoms with Gasteiger partial charge in [-0.25, -0.2) is 13.2 Å². The number of amides is 1. The van der Waals surface area contributed by atoms with Crippen LogP contribution in [0.4, 0.5) is 0 Å². The Balaban J connectivity index is 2.66. The van der Waals surface area contributed by atoms with Crippen LogP contribution in [-0.2, 0) is 30.6 Å². The van der Waals surface area contributed by atoms with Gasteiger partial charge in [0.05, 0.1) is 17.3 Å². The summed E-state index contributed by atoms with van der Waals surface area (Å²) in [6.45, 7) is 2.81. The maximum absolute atomic E-state index is 12.0. The van der Waals surface area contributed by atoms with Crippen LogP contribution in [0.15, 0.2) is 29.2 Å². The average Bonchev–Trinajstić information content (AvgIpc) is 2.53. The van der Waals surface area contributed by atoms with Gasteiger partial charge in [-0.15, -0.1) is 0 Å². The highest BCUT2D eigenvalue weighted by atomic mass is 32.2. The first-order valence-electron chi connectivity index (χ1n) is 7.49. The minimum absolute atomic E-state index is 0.0298. The lowest BCUT2D eigenvalue weighted by Crippen LogP contribution is -2.55. The number of methoxy groups -OCH3 is 1. The van der Waals surface area contributed by atoms with Crippen LogP contribution in [0.5, 0.6) is 0 Å². The van der Waals surface area contributed by atoms with E-state index in [-0.39, 0.29) is 23.7 Å². The van der Waals surface area contributed by atoms with E-state index in [1.54, 1.807) is 19.1 Å². The van der Waals surface area contributed by atoms with E-state index in [0.29, 0.717) is 6.42 Å². The molecule has 1 amide bonds. The molecule has 0 bridgehead atoms. The highest BCUT2D eigenvalue weighted by molar-refractivity contribution is 7.91. The van der Waals surface area contributed by atoms with Crippen molar-refractivity contribution in [2.75, 3.05) is 19.5 Å². The van der Waals surface area contributed by atoms with E-state index in [9.17, 15) is 23.1 Å². The Labute approximate surface area is 141 Å². The Bertz CT molecular complexity index is 683. The van der Waals surface area contributed by atoms with Crippen molar-refractivity contribution in [3.63, 3.8) is 0 Å². The largest absolute Gasteiger partial charge is 0.479 e. The molecule has 8 heteroatoms. The van der Waals surface area contributed by atoms with Crippen LogP contribution in [0, 0.1) is 0 Å². The Morgan fingerprint density at radius 3 is 2.29 bits per heavy atom. The highest BCUT2D eigenvalue weighted by Crippen LogP contribution is 2.14. The predicted molar refractivity (Wildman–Crippen MR) is 88.5 cm³/mol. The lowest BCUT2D eigenvalue weighted by molar-refractivity contribution is -0.149. The third kappa shape index (κ3) is 5.31. The minimum Gasteiger partial charge on any atom is -0.479 e. The van der Waals surface area contributed by atoms with E-state index >= 15 is 0 Å². The molecule has 0 aromatic heterocycles. The van der Waals surface area contributed by atoms with Crippen molar-refractivity contribution in [3.05, 3.63) is 29.8 Å². The normalized spacial score (nSPS) is 14.0. The van der Waals surface area contributed by atoms with Gasteiger partial charge < -0.3 is 15.2 Å². The summed E-state index contributed by atoms with van der Waals surface area (Å²) in [5.74, 6) is -1.56. The number of aryl methyl sites for hydroxylation is 1. The summed E-state index contributed by atoms with van der Waals surface area (Å²) in [6.07, 6.45) is 0.466. The molecule has 1 unspecified atom stereocenters. The summed E-state index contributed by atoms with van der Waals surface area (Å²) < 4.78 is 28.3. The van der Waals surface area contributed by atoms with Crippen molar-refractivity contribution >= 4 is 21.7 Å². The van der Waals surface area contributed by atoms with Crippen LogP contribution >= 0.6 is 0 Å². The number of carbonyl (C=O) groups is 2. The second-order valence-corrected chi connectivity index (χ2v) is 7.94. The first kappa shape index (κ1) is 20.1. The van der Waals surface area contributed by atoms with Crippen molar-refractivity contribution < 1.29 is 27.9 Å². The SMILES string of the molecule is CCS(=O)(=O)c1ccc(CCC(=O)NC(C)(COC)C(=O)O)cc1. The number of nitrogens with one attached hydrogen (secondary N) is 1. The molecule has 134 valence electrons. The smallest absolute Gasteiger partial charge is 0.331 e. The number of carboxylic acids is 1. The summed E-state index contributed by atoms with van der Waals surface area (Å²) >= 11 is 0. The molecule has 0 saturated heterocycles. The number of aliphatic carboxylic acids is 1. The van der Waals surface area contributed by atoms with Crippen LogP contribution in [0.2, 0.25) is 0 Å². The number of benzene rings is 1. The zero-order valence-corrected chi connectivity index (χ0v) is 14.9. The van der Waals surface area contributed by atoms with Crippen LogP contribution < -0.4 is 5.32 Å². The molecule has 0 heterocycles. The molecule has 24 heavy (non-hydrogen) atoms. The van der Waals surface area contributed by atoms with Crippen LogP contribution in [0.25, 0.3) is 0 Å². The Kier molecular flexibility index (Phi) is 6.92. The van der Waals surface area contributed by atoms with Gasteiger partial charge in [0.2, 0.25) is 5.91 Å². The summed E-state index contributed by atoms with van der Waals surface area (Å²) in [4.78, 5) is 23.4. The Morgan fingerprint density at radius 2 is 1.83 bits per heavy atom. The lowest BCUT2D eigenvalue weighted by atomic mass is 10.0. The molecular formula is C16H23NO6S. The second-order valence-electron chi connectivity index (χ2n) is 5.67. The number of ether oxygens (including phenoxy) is 1. The molecule has 1 aromatic rings. The van der Waals surface area contributed by atoms with E-state index in [0.717, 1.165) is 5.56 Å². The van der Waals surface area contributed by atoms with E-state index in [1.807, 2.05) is 0 Å². The Morgan fingerprint density at radius 1 is 1.25 bits per heavy atom. The number of hydrogen-bond acceptors (Lipinski definition) is 5. The van der Waals surface area contributed by atoms with Gasteiger partial charge in [0.1, 0.15) is 0 Å². The first-order valence-corrected chi connectivity index (χ1v) is 9.15. The van der Waals surface area contributed by atoms with Gasteiger partial charge in [-0.2, -0.15) is 0 Å². The van der Waals surface area contributed by atoms with E-state index in [4.69, 9.17) is 4.74 Å². The maximum atomic E-state index is 12.0. The molecule has 0 spiro atoms. The predicted octanol–water partition coefficient (Wildman–Crippen LogP) is 1.02. The van der Waals surface area contributed by atoms with Crippen molar-refractivity contribution in [1.82, 2.24) is 5.32 Å². The van der Waals surface area contributed by atoms with Crippen molar-refractivity contribution in [2.45, 2.75) is 37.1 Å². The van der Waals surface area contributed by atoms with E-state index in [1.165, 1.54) is 26.2 Å². The molecule has 7 nitrogen and oxygen atoms in total. The number of hydrogen-bond donors (Lipinski definition) is 2. The van der Waals surface area contributed by atoms with Crippen molar-refractivity contribution in [1.29, 1.82) is 0 Å². The molecule has 0 aliphatic rings. The number of sulfone groups is 1. The summed E-state index contributed by atoms with van der Waals surface area (Å²) in [7, 11) is -1.88. The van der Waals surface area contributed by atoms with Crippen LogP contribution in [0.1, 0.15) is 25.8 Å². The zero-order valence-electron chi connectivity index (χ0n) is 14.0. The molecule has 0 aliphatic heterocycles. The van der Waals surface area contributed by atoms with Crippen LogP contribution in [0.3, 0.4) is 0 Å². The molecule has 2 N–H and O–H groups in total. The van der Waals surface area contributed by atoms with Crippen molar-refractivity contribution in [2.24, 2.45) is 0 Å². The average molecular weight is 357 g/mol. The highest BCUT2D eigenvalue weighted by Gasteiger charge is 2.34. The number of carboxylic acid groups (broad SMARTS) is 1. The van der Waals surface area contributed by atoms with E-state index in [2.05, 4.69) is 5.32 Å². The number of carbonyl (C=O) groups excluding carboxylic acids is 1. The minimum atomic E-state index is -3.24. The fourth-order valence-electron chi connectivity index (χ4n) is 2.10. The van der Waals surface area contributed by atoms with Gasteiger partial charge in [0.15, 0.2) is 15.4 Å². The quantitative estimate of drug-likeness (QED) is 0.683. The summed E-state index contributed by atoms with van der Waals surface area (Å²) in [5.41, 5.74) is -0.686. The summed E-state index contributed by atoms with van der Waals surface area (Å²) in [6, 6.07) is 6.33. The zero-order chi connectivity index (χ0) is 18.4. The maximum Gasteiger partial charge on any atom is 0.331 e. The molecule has 0 aliphatic carbocycles. The molecule has 0 saturated carbocycles. The van der Waals surface area contributed by atoms with E-state index < -0.39 is 27.3 Å². The number of rotatable bonds is 9. The third-order valence-corrected chi connectivity index (χ3v) is 5.37. The van der Waals surface area contributed by atoms with Gasteiger partial charge in [0, 0.05) is 13.5 Å². The lowest BCUT2D eigenvalue weighted by Gasteiger charge is -2.25.